The van der Waals surface area contributed by atoms with Gasteiger partial charge < -0.3 is 15.1 Å². The van der Waals surface area contributed by atoms with Gasteiger partial charge in [-0.1, -0.05) is 42.0 Å². The third-order valence-corrected chi connectivity index (χ3v) is 4.48. The number of halogens is 1. The number of guanidine groups is 1. The van der Waals surface area contributed by atoms with Crippen LogP contribution in [0, 0.1) is 6.92 Å². The maximum absolute atomic E-state index is 12.1. The molecule has 2 rings (SSSR count). The molecule has 29 heavy (non-hydrogen) atoms. The van der Waals surface area contributed by atoms with Gasteiger partial charge in [0, 0.05) is 46.3 Å². The zero-order valence-electron chi connectivity index (χ0n) is 18.1. The predicted octanol–water partition coefficient (Wildman–Crippen LogP) is 3.95. The van der Waals surface area contributed by atoms with E-state index in [1.807, 2.05) is 24.3 Å². The van der Waals surface area contributed by atoms with Crippen LogP contribution in [0.3, 0.4) is 0 Å². The first-order chi connectivity index (χ1) is 13.4. The van der Waals surface area contributed by atoms with E-state index in [1.54, 1.807) is 19.0 Å². The number of nitrogens with one attached hydrogen (secondary N) is 1. The summed E-state index contributed by atoms with van der Waals surface area (Å²) >= 11 is 0. The number of rotatable bonds is 7. The number of carbonyl (C=O) groups is 1. The first-order valence-corrected chi connectivity index (χ1v) is 9.76. The van der Waals surface area contributed by atoms with Crippen LogP contribution in [0.5, 0.6) is 0 Å². The Morgan fingerprint density at radius 2 is 1.72 bits per heavy atom. The maximum atomic E-state index is 12.1. The molecule has 2 aromatic carbocycles. The number of aliphatic imine (C=N–C) groups is 1. The van der Waals surface area contributed by atoms with Gasteiger partial charge in [0.05, 0.1) is 0 Å². The molecule has 0 fully saturated rings. The number of hydrogen-bond donors (Lipinski definition) is 1. The lowest BCUT2D eigenvalue weighted by molar-refractivity contribution is 0.0827. The summed E-state index contributed by atoms with van der Waals surface area (Å²) in [6, 6.07) is 16.4. The zero-order chi connectivity index (χ0) is 20.5. The average molecular weight is 508 g/mol. The van der Waals surface area contributed by atoms with Crippen molar-refractivity contribution < 1.29 is 4.79 Å². The Kier molecular flexibility index (Phi) is 10.7. The quantitative estimate of drug-likeness (QED) is 0.350. The summed E-state index contributed by atoms with van der Waals surface area (Å²) in [4.78, 5) is 20.6. The topological polar surface area (TPSA) is 47.9 Å². The molecular weight excluding hydrogens is 475 g/mol. The van der Waals surface area contributed by atoms with E-state index in [9.17, 15) is 4.79 Å². The van der Waals surface area contributed by atoms with Crippen molar-refractivity contribution in [2.45, 2.75) is 26.8 Å². The third-order valence-electron chi connectivity index (χ3n) is 4.48. The molecule has 0 bridgehead atoms. The second-order valence-corrected chi connectivity index (χ2v) is 7.23. The molecule has 1 N–H and O–H groups in total. The van der Waals surface area contributed by atoms with E-state index in [1.165, 1.54) is 11.1 Å². The molecule has 0 heterocycles. The summed E-state index contributed by atoms with van der Waals surface area (Å²) in [6.45, 7) is 6.47. The van der Waals surface area contributed by atoms with Crippen LogP contribution in [0.25, 0.3) is 0 Å². The summed E-state index contributed by atoms with van der Waals surface area (Å²) in [6.07, 6.45) is 0.793. The van der Waals surface area contributed by atoms with Crippen molar-refractivity contribution >= 4 is 35.8 Å². The minimum atomic E-state index is 0. The Labute approximate surface area is 192 Å². The highest BCUT2D eigenvalue weighted by Crippen LogP contribution is 2.09. The Hall–Kier alpha value is -2.09. The number of hydrogen-bond acceptors (Lipinski definition) is 2. The Bertz CT molecular complexity index is 803. The number of benzene rings is 2. The van der Waals surface area contributed by atoms with Crippen LogP contribution in [0.4, 0.5) is 0 Å². The molecule has 0 spiro atoms. The Morgan fingerprint density at radius 1 is 1.03 bits per heavy atom. The monoisotopic (exact) mass is 508 g/mol. The van der Waals surface area contributed by atoms with E-state index in [0.29, 0.717) is 6.54 Å². The molecule has 0 aromatic heterocycles. The van der Waals surface area contributed by atoms with Gasteiger partial charge in [0.1, 0.15) is 0 Å². The molecule has 0 saturated heterocycles. The maximum Gasteiger partial charge on any atom is 0.253 e. The molecule has 158 valence electrons. The van der Waals surface area contributed by atoms with Gasteiger partial charge in [-0.3, -0.25) is 9.79 Å². The SMILES string of the molecule is CCNC(=NCCc1cccc(C(=O)N(C)C)c1)N(C)Cc1ccc(C)cc1.I. The van der Waals surface area contributed by atoms with Crippen molar-refractivity contribution in [1.82, 2.24) is 15.1 Å². The molecule has 0 radical (unpaired) electrons. The highest BCUT2D eigenvalue weighted by molar-refractivity contribution is 14.0. The van der Waals surface area contributed by atoms with Gasteiger partial charge >= 0.3 is 0 Å². The van der Waals surface area contributed by atoms with Crippen molar-refractivity contribution in [1.29, 1.82) is 0 Å². The van der Waals surface area contributed by atoms with E-state index in [4.69, 9.17) is 4.99 Å². The van der Waals surface area contributed by atoms with E-state index in [-0.39, 0.29) is 29.9 Å². The molecule has 6 heteroatoms. The molecule has 2 aromatic rings. The van der Waals surface area contributed by atoms with E-state index in [0.717, 1.165) is 36.6 Å². The van der Waals surface area contributed by atoms with Gasteiger partial charge in [-0.15, -0.1) is 24.0 Å². The minimum absolute atomic E-state index is 0. The van der Waals surface area contributed by atoms with Crippen LogP contribution in [-0.2, 0) is 13.0 Å². The van der Waals surface area contributed by atoms with Crippen molar-refractivity contribution in [3.8, 4) is 0 Å². The molecular formula is C23H33IN4O. The minimum Gasteiger partial charge on any atom is -0.357 e. The van der Waals surface area contributed by atoms with E-state index >= 15 is 0 Å². The van der Waals surface area contributed by atoms with Crippen LogP contribution >= 0.6 is 24.0 Å². The van der Waals surface area contributed by atoms with Crippen LogP contribution in [0.15, 0.2) is 53.5 Å². The lowest BCUT2D eigenvalue weighted by atomic mass is 10.1. The zero-order valence-corrected chi connectivity index (χ0v) is 20.4. The highest BCUT2D eigenvalue weighted by Gasteiger charge is 2.09. The average Bonchev–Trinajstić information content (AvgIpc) is 2.68. The van der Waals surface area contributed by atoms with Gasteiger partial charge in [-0.25, -0.2) is 0 Å². The van der Waals surface area contributed by atoms with Gasteiger partial charge in [-0.2, -0.15) is 0 Å². The molecule has 1 amide bonds. The first-order valence-electron chi connectivity index (χ1n) is 9.76. The van der Waals surface area contributed by atoms with E-state index < -0.39 is 0 Å². The highest BCUT2D eigenvalue weighted by atomic mass is 127. The lowest BCUT2D eigenvalue weighted by Crippen LogP contribution is -2.38. The van der Waals surface area contributed by atoms with Crippen LogP contribution < -0.4 is 5.32 Å². The molecule has 0 aliphatic heterocycles. The van der Waals surface area contributed by atoms with Crippen LogP contribution in [0.1, 0.15) is 34.0 Å². The summed E-state index contributed by atoms with van der Waals surface area (Å²) in [7, 11) is 5.59. The van der Waals surface area contributed by atoms with Gasteiger partial charge in [0.15, 0.2) is 5.96 Å². The summed E-state index contributed by atoms with van der Waals surface area (Å²) in [5, 5.41) is 3.36. The number of aryl methyl sites for hydroxylation is 1. The first kappa shape index (κ1) is 24.9. The number of nitrogens with zero attached hydrogens (tertiary/aromatic N) is 3. The Morgan fingerprint density at radius 3 is 2.34 bits per heavy atom. The van der Waals surface area contributed by atoms with Crippen LogP contribution in [0.2, 0.25) is 0 Å². The number of amides is 1. The van der Waals surface area contributed by atoms with E-state index in [2.05, 4.69) is 55.4 Å². The lowest BCUT2D eigenvalue weighted by Gasteiger charge is -2.22. The molecule has 0 aliphatic carbocycles. The normalized spacial score (nSPS) is 10.9. The van der Waals surface area contributed by atoms with Gasteiger partial charge in [-0.05, 0) is 43.5 Å². The molecule has 0 saturated carbocycles. The van der Waals surface area contributed by atoms with Gasteiger partial charge in [0.2, 0.25) is 0 Å². The largest absolute Gasteiger partial charge is 0.357 e. The predicted molar refractivity (Wildman–Crippen MR) is 132 cm³/mol. The third kappa shape index (κ3) is 8.04. The summed E-state index contributed by atoms with van der Waals surface area (Å²) < 4.78 is 0. The van der Waals surface area contributed by atoms with Crippen molar-refractivity contribution in [2.75, 3.05) is 34.2 Å². The fraction of sp³-hybridized carbons (Fsp3) is 0.391. The molecule has 0 aliphatic rings. The van der Waals surface area contributed by atoms with Gasteiger partial charge in [0.25, 0.3) is 5.91 Å². The second-order valence-electron chi connectivity index (χ2n) is 7.23. The number of carbonyl (C=O) groups excluding carboxylic acids is 1. The smallest absolute Gasteiger partial charge is 0.253 e. The van der Waals surface area contributed by atoms with Crippen molar-refractivity contribution in [2.24, 2.45) is 4.99 Å². The fourth-order valence-electron chi connectivity index (χ4n) is 2.92. The molecule has 0 atom stereocenters. The summed E-state index contributed by atoms with van der Waals surface area (Å²) in [5.41, 5.74) is 4.36. The Balaban J connectivity index is 0.00000420. The molecule has 5 nitrogen and oxygen atoms in total. The van der Waals surface area contributed by atoms with Crippen LogP contribution in [-0.4, -0.2) is 55.9 Å². The molecule has 0 unspecified atom stereocenters. The van der Waals surface area contributed by atoms with Crippen molar-refractivity contribution in [3.63, 3.8) is 0 Å². The standard InChI is InChI=1S/C23H32N4O.HI/c1-6-24-23(27(5)17-20-12-10-18(2)11-13-20)25-15-14-19-8-7-9-21(16-19)22(28)26(3)4;/h7-13,16H,6,14-15,17H2,1-5H3,(H,24,25);1H. The summed E-state index contributed by atoms with van der Waals surface area (Å²) in [5.74, 6) is 0.917. The van der Waals surface area contributed by atoms with Crippen molar-refractivity contribution in [3.05, 3.63) is 70.8 Å². The second kappa shape index (κ2) is 12.5. The fourth-order valence-corrected chi connectivity index (χ4v) is 2.92.